The van der Waals surface area contributed by atoms with E-state index >= 15 is 0 Å². The molecule has 0 aliphatic rings. The molecule has 0 radical (unpaired) electrons. The third kappa shape index (κ3) is 3.33. The monoisotopic (exact) mass is 399 g/mol. The second-order valence-corrected chi connectivity index (χ2v) is 10.2. The molecule has 0 saturated carbocycles. The molecule has 0 unspecified atom stereocenters. The topological polar surface area (TPSA) is 26.0 Å². The van der Waals surface area contributed by atoms with Crippen molar-refractivity contribution in [3.05, 3.63) is 64.7 Å². The van der Waals surface area contributed by atoms with Crippen molar-refractivity contribution in [3.8, 4) is 11.3 Å². The van der Waals surface area contributed by atoms with Crippen molar-refractivity contribution >= 4 is 22.1 Å². The Morgan fingerprint density at radius 3 is 1.97 bits per heavy atom. The molecule has 2 heteroatoms. The Hall–Kier alpha value is -2.61. The van der Waals surface area contributed by atoms with Crippen molar-refractivity contribution in [2.75, 3.05) is 0 Å². The quantitative estimate of drug-likeness (QED) is 0.345. The van der Waals surface area contributed by atoms with Gasteiger partial charge in [0.1, 0.15) is 5.58 Å². The summed E-state index contributed by atoms with van der Waals surface area (Å²) in [5.41, 5.74) is 9.20. The minimum absolute atomic E-state index is 0.00928. The lowest BCUT2D eigenvalue weighted by molar-refractivity contribution is 0.567. The van der Waals surface area contributed by atoms with Crippen molar-refractivity contribution < 1.29 is 4.42 Å². The van der Waals surface area contributed by atoms with Crippen LogP contribution in [0.1, 0.15) is 82.6 Å². The van der Waals surface area contributed by atoms with Gasteiger partial charge in [-0.3, -0.25) is 0 Å². The molecular weight excluding hydrogens is 366 g/mol. The fourth-order valence-corrected chi connectivity index (χ4v) is 4.74. The molecular formula is C28H33NO. The zero-order valence-corrected chi connectivity index (χ0v) is 19.6. The Bertz CT molecular complexity index is 1210. The van der Waals surface area contributed by atoms with Crippen LogP contribution in [-0.4, -0.2) is 4.98 Å². The molecule has 0 N–H and O–H groups in total. The van der Waals surface area contributed by atoms with Gasteiger partial charge in [-0.1, -0.05) is 78.8 Å². The zero-order valence-electron chi connectivity index (χ0n) is 19.6. The summed E-state index contributed by atoms with van der Waals surface area (Å²) >= 11 is 0. The molecule has 0 saturated heterocycles. The molecule has 2 aromatic carbocycles. The Kier molecular flexibility index (Phi) is 5.00. The maximum atomic E-state index is 6.44. The Labute approximate surface area is 180 Å². The molecule has 2 nitrogen and oxygen atoms in total. The van der Waals surface area contributed by atoms with Crippen molar-refractivity contribution in [1.82, 2.24) is 4.98 Å². The summed E-state index contributed by atoms with van der Waals surface area (Å²) in [5.74, 6) is 0.865. The SMILES string of the molecule is Cc1ccc2c(oc3nc(-c4c(C(C)C)cccc4C(C)C)ccc32)c1C(C)(C)C. The predicted molar refractivity (Wildman–Crippen MR) is 129 cm³/mol. The van der Waals surface area contributed by atoms with Gasteiger partial charge in [-0.2, -0.15) is 0 Å². The smallest absolute Gasteiger partial charge is 0.227 e. The minimum Gasteiger partial charge on any atom is -0.437 e. The standard InChI is InChI=1S/C28H33NO/c1-16(2)19-10-9-11-20(17(3)4)24(19)23-15-14-22-21-13-12-18(5)25(28(6,7)8)26(21)30-27(22)29-23/h9-17H,1-8H3. The highest BCUT2D eigenvalue weighted by molar-refractivity contribution is 6.05. The number of aromatic nitrogens is 1. The number of nitrogens with zero attached hydrogens (tertiary/aromatic N) is 1. The van der Waals surface area contributed by atoms with E-state index in [1.54, 1.807) is 0 Å². The van der Waals surface area contributed by atoms with Gasteiger partial charge < -0.3 is 4.42 Å². The molecule has 0 amide bonds. The van der Waals surface area contributed by atoms with Gasteiger partial charge in [0.2, 0.25) is 5.71 Å². The second-order valence-electron chi connectivity index (χ2n) is 10.2. The largest absolute Gasteiger partial charge is 0.437 e. The summed E-state index contributed by atoms with van der Waals surface area (Å²) in [6, 6.07) is 15.4. The van der Waals surface area contributed by atoms with Crippen molar-refractivity contribution in [2.24, 2.45) is 0 Å². The normalized spacial score (nSPS) is 12.6. The molecule has 156 valence electrons. The number of benzene rings is 2. The molecule has 0 fully saturated rings. The van der Waals surface area contributed by atoms with Crippen molar-refractivity contribution in [2.45, 2.75) is 72.6 Å². The number of aryl methyl sites for hydroxylation is 1. The molecule has 2 heterocycles. The van der Waals surface area contributed by atoms with E-state index in [9.17, 15) is 0 Å². The van der Waals surface area contributed by atoms with E-state index in [-0.39, 0.29) is 5.41 Å². The first-order valence-corrected chi connectivity index (χ1v) is 11.1. The average Bonchev–Trinajstić information content (AvgIpc) is 3.03. The molecule has 2 aromatic heterocycles. The van der Waals surface area contributed by atoms with Crippen LogP contribution in [-0.2, 0) is 5.41 Å². The molecule has 0 aliphatic carbocycles. The van der Waals surface area contributed by atoms with E-state index < -0.39 is 0 Å². The van der Waals surface area contributed by atoms with E-state index in [0.29, 0.717) is 11.8 Å². The average molecular weight is 400 g/mol. The van der Waals surface area contributed by atoms with Gasteiger partial charge in [0.05, 0.1) is 5.69 Å². The van der Waals surface area contributed by atoms with E-state index in [1.165, 1.54) is 27.8 Å². The maximum Gasteiger partial charge on any atom is 0.227 e. The first-order chi connectivity index (χ1) is 14.1. The van der Waals surface area contributed by atoms with Crippen LogP contribution in [0.25, 0.3) is 33.3 Å². The van der Waals surface area contributed by atoms with Crippen LogP contribution in [0.4, 0.5) is 0 Å². The lowest BCUT2D eigenvalue weighted by atomic mass is 9.83. The lowest BCUT2D eigenvalue weighted by Gasteiger charge is -2.21. The fourth-order valence-electron chi connectivity index (χ4n) is 4.74. The van der Waals surface area contributed by atoms with E-state index in [4.69, 9.17) is 9.40 Å². The van der Waals surface area contributed by atoms with E-state index in [2.05, 4.69) is 97.9 Å². The number of hydrogen-bond donors (Lipinski definition) is 0. The van der Waals surface area contributed by atoms with Crippen LogP contribution in [0.3, 0.4) is 0 Å². The molecule has 0 atom stereocenters. The van der Waals surface area contributed by atoms with Crippen LogP contribution in [0, 0.1) is 6.92 Å². The number of furan rings is 1. The van der Waals surface area contributed by atoms with Gasteiger partial charge in [0.25, 0.3) is 0 Å². The molecule has 30 heavy (non-hydrogen) atoms. The summed E-state index contributed by atoms with van der Waals surface area (Å²) in [7, 11) is 0. The Balaban J connectivity index is 2.02. The Morgan fingerprint density at radius 1 is 0.800 bits per heavy atom. The molecule has 0 spiro atoms. The summed E-state index contributed by atoms with van der Waals surface area (Å²) in [6.45, 7) is 17.9. The van der Waals surface area contributed by atoms with Gasteiger partial charge in [-0.05, 0) is 53.0 Å². The number of fused-ring (bicyclic) bond motifs is 3. The predicted octanol–water partition coefficient (Wildman–Crippen LogP) is 8.50. The van der Waals surface area contributed by atoms with Gasteiger partial charge in [-0.25, -0.2) is 4.98 Å². The highest BCUT2D eigenvalue weighted by Crippen LogP contribution is 2.40. The van der Waals surface area contributed by atoms with Crippen molar-refractivity contribution in [1.29, 1.82) is 0 Å². The summed E-state index contributed by atoms with van der Waals surface area (Å²) in [5, 5.41) is 2.24. The first-order valence-electron chi connectivity index (χ1n) is 11.1. The lowest BCUT2D eigenvalue weighted by Crippen LogP contribution is -2.13. The fraction of sp³-hybridized carbons (Fsp3) is 0.393. The molecule has 0 aliphatic heterocycles. The van der Waals surface area contributed by atoms with Gasteiger partial charge in [0, 0.05) is 21.9 Å². The van der Waals surface area contributed by atoms with Crippen molar-refractivity contribution in [3.63, 3.8) is 0 Å². The highest BCUT2D eigenvalue weighted by Gasteiger charge is 2.24. The third-order valence-corrected chi connectivity index (χ3v) is 6.09. The summed E-state index contributed by atoms with van der Waals surface area (Å²) in [4.78, 5) is 5.05. The number of hydrogen-bond acceptors (Lipinski definition) is 2. The summed E-state index contributed by atoms with van der Waals surface area (Å²) < 4.78 is 6.44. The molecule has 4 aromatic rings. The third-order valence-electron chi connectivity index (χ3n) is 6.09. The van der Waals surface area contributed by atoms with Crippen LogP contribution in [0.5, 0.6) is 0 Å². The van der Waals surface area contributed by atoms with Crippen LogP contribution < -0.4 is 0 Å². The van der Waals surface area contributed by atoms with Crippen LogP contribution in [0.2, 0.25) is 0 Å². The highest BCUT2D eigenvalue weighted by atomic mass is 16.3. The van der Waals surface area contributed by atoms with Crippen LogP contribution in [0.15, 0.2) is 46.9 Å². The van der Waals surface area contributed by atoms with E-state index in [1.807, 2.05) is 0 Å². The second kappa shape index (κ2) is 7.27. The molecule has 4 rings (SSSR count). The zero-order chi connectivity index (χ0) is 21.8. The number of rotatable bonds is 3. The van der Waals surface area contributed by atoms with E-state index in [0.717, 1.165) is 27.8 Å². The van der Waals surface area contributed by atoms with Gasteiger partial charge in [0.15, 0.2) is 0 Å². The van der Waals surface area contributed by atoms with Gasteiger partial charge >= 0.3 is 0 Å². The first kappa shape index (κ1) is 20.7. The van der Waals surface area contributed by atoms with Crippen LogP contribution >= 0.6 is 0 Å². The summed E-state index contributed by atoms with van der Waals surface area (Å²) in [6.07, 6.45) is 0. The van der Waals surface area contributed by atoms with Gasteiger partial charge in [-0.15, -0.1) is 0 Å². The molecule has 0 bridgehead atoms. The number of pyridine rings is 1. The minimum atomic E-state index is 0.00928. The maximum absolute atomic E-state index is 6.44. The Morgan fingerprint density at radius 2 is 1.40 bits per heavy atom.